The fourth-order valence-electron chi connectivity index (χ4n) is 1.82. The van der Waals surface area contributed by atoms with Crippen molar-refractivity contribution in [1.29, 1.82) is 0 Å². The van der Waals surface area contributed by atoms with Crippen molar-refractivity contribution in [3.63, 3.8) is 0 Å². The minimum absolute atomic E-state index is 0.269. The van der Waals surface area contributed by atoms with Gasteiger partial charge >= 0.3 is 6.36 Å². The largest absolute Gasteiger partial charge is 0.573 e. The lowest BCUT2D eigenvalue weighted by atomic mass is 10.1. The van der Waals surface area contributed by atoms with E-state index in [0.717, 1.165) is 5.69 Å². The number of halogens is 3. The Morgan fingerprint density at radius 3 is 2.38 bits per heavy atom. The molecule has 0 aliphatic heterocycles. The van der Waals surface area contributed by atoms with Gasteiger partial charge in [-0.2, -0.15) is 0 Å². The van der Waals surface area contributed by atoms with Crippen LogP contribution in [0.25, 0.3) is 11.3 Å². The van der Waals surface area contributed by atoms with Crippen LogP contribution in [0.1, 0.15) is 11.4 Å². The summed E-state index contributed by atoms with van der Waals surface area (Å²) in [6.45, 7) is 2.07. The third-order valence-electron chi connectivity index (χ3n) is 2.61. The number of alkyl halides is 3. The van der Waals surface area contributed by atoms with Gasteiger partial charge in [0.1, 0.15) is 5.75 Å². The Balaban J connectivity index is 2.30. The van der Waals surface area contributed by atoms with Crippen LogP contribution in [0.2, 0.25) is 0 Å². The number of benzene rings is 1. The Labute approximate surface area is 119 Å². The molecule has 4 nitrogen and oxygen atoms in total. The van der Waals surface area contributed by atoms with Crippen molar-refractivity contribution in [2.75, 3.05) is 7.11 Å². The molecule has 112 valence electrons. The van der Waals surface area contributed by atoms with Crippen LogP contribution in [-0.2, 0) is 11.3 Å². The van der Waals surface area contributed by atoms with Crippen LogP contribution in [0.3, 0.4) is 0 Å². The molecule has 1 heterocycles. The third-order valence-corrected chi connectivity index (χ3v) is 2.61. The van der Waals surface area contributed by atoms with Gasteiger partial charge in [0.25, 0.3) is 0 Å². The molecule has 0 saturated carbocycles. The molecule has 0 spiro atoms. The first-order chi connectivity index (χ1) is 9.89. The molecule has 1 aromatic carbocycles. The number of ether oxygens (including phenoxy) is 2. The van der Waals surface area contributed by atoms with E-state index in [1.54, 1.807) is 13.1 Å². The van der Waals surface area contributed by atoms with Crippen molar-refractivity contribution in [3.8, 4) is 17.0 Å². The van der Waals surface area contributed by atoms with Gasteiger partial charge in [-0.15, -0.1) is 13.2 Å². The summed E-state index contributed by atoms with van der Waals surface area (Å²) >= 11 is 0. The maximum atomic E-state index is 12.1. The average Bonchev–Trinajstić information content (AvgIpc) is 2.39. The van der Waals surface area contributed by atoms with Crippen LogP contribution < -0.4 is 4.74 Å². The van der Waals surface area contributed by atoms with Crippen molar-refractivity contribution in [3.05, 3.63) is 41.9 Å². The van der Waals surface area contributed by atoms with Crippen LogP contribution in [0.15, 0.2) is 30.5 Å². The van der Waals surface area contributed by atoms with Crippen molar-refractivity contribution in [1.82, 2.24) is 9.97 Å². The van der Waals surface area contributed by atoms with Crippen molar-refractivity contribution in [2.45, 2.75) is 19.9 Å². The molecule has 0 amide bonds. The Morgan fingerprint density at radius 1 is 1.14 bits per heavy atom. The predicted molar refractivity (Wildman–Crippen MR) is 69.6 cm³/mol. The lowest BCUT2D eigenvalue weighted by Gasteiger charge is -2.11. The van der Waals surface area contributed by atoms with Gasteiger partial charge in [0, 0.05) is 18.9 Å². The summed E-state index contributed by atoms with van der Waals surface area (Å²) in [5.74, 6) is -0.278. The van der Waals surface area contributed by atoms with E-state index in [9.17, 15) is 13.2 Å². The molecule has 0 aliphatic rings. The highest BCUT2D eigenvalue weighted by molar-refractivity contribution is 5.62. The number of nitrogens with zero attached hydrogens (tertiary/aromatic N) is 2. The molecule has 0 radical (unpaired) electrons. The summed E-state index contributed by atoms with van der Waals surface area (Å²) in [5.41, 5.74) is 2.58. The van der Waals surface area contributed by atoms with Crippen LogP contribution in [0.5, 0.6) is 5.75 Å². The quantitative estimate of drug-likeness (QED) is 0.866. The van der Waals surface area contributed by atoms with Crippen LogP contribution >= 0.6 is 0 Å². The Hall–Kier alpha value is -2.15. The number of aromatic nitrogens is 2. The Bertz CT molecular complexity index is 613. The summed E-state index contributed by atoms with van der Waals surface area (Å²) in [7, 11) is 1.54. The SMILES string of the molecule is COCc1nc(C)cnc1-c1ccc(OC(F)(F)F)cc1. The fourth-order valence-corrected chi connectivity index (χ4v) is 1.82. The van der Waals surface area contributed by atoms with E-state index in [2.05, 4.69) is 14.7 Å². The second kappa shape index (κ2) is 6.09. The zero-order chi connectivity index (χ0) is 15.5. The standard InChI is InChI=1S/C14H13F3N2O2/c1-9-7-18-13(12(19-9)8-20-2)10-3-5-11(6-4-10)21-14(15,16)17/h3-7H,8H2,1-2H3. The molecule has 0 N–H and O–H groups in total. The van der Waals surface area contributed by atoms with Gasteiger partial charge in [-0.25, -0.2) is 0 Å². The van der Waals surface area contributed by atoms with Crippen molar-refractivity contribution >= 4 is 0 Å². The van der Waals surface area contributed by atoms with Crippen molar-refractivity contribution < 1.29 is 22.6 Å². The molecule has 2 aromatic rings. The second-order valence-electron chi connectivity index (χ2n) is 4.31. The van der Waals surface area contributed by atoms with E-state index in [1.165, 1.54) is 31.4 Å². The average molecular weight is 298 g/mol. The normalized spacial score (nSPS) is 11.5. The Morgan fingerprint density at radius 2 is 1.81 bits per heavy atom. The van der Waals surface area contributed by atoms with E-state index in [0.29, 0.717) is 17.0 Å². The van der Waals surface area contributed by atoms with E-state index >= 15 is 0 Å². The smallest absolute Gasteiger partial charge is 0.406 e. The summed E-state index contributed by atoms with van der Waals surface area (Å²) < 4.78 is 45.2. The first-order valence-corrected chi connectivity index (χ1v) is 6.06. The summed E-state index contributed by atoms with van der Waals surface area (Å²) in [6.07, 6.45) is -3.11. The van der Waals surface area contributed by atoms with E-state index in [-0.39, 0.29) is 12.4 Å². The molecular weight excluding hydrogens is 285 g/mol. The first kappa shape index (κ1) is 15.2. The molecule has 0 bridgehead atoms. The third kappa shape index (κ3) is 4.16. The zero-order valence-electron chi connectivity index (χ0n) is 11.4. The van der Waals surface area contributed by atoms with Crippen LogP contribution in [-0.4, -0.2) is 23.4 Å². The van der Waals surface area contributed by atoms with E-state index in [1.807, 2.05) is 0 Å². The first-order valence-electron chi connectivity index (χ1n) is 6.06. The summed E-state index contributed by atoms with van der Waals surface area (Å²) in [6, 6.07) is 5.47. The fraction of sp³-hybridized carbons (Fsp3) is 0.286. The van der Waals surface area contributed by atoms with Gasteiger partial charge in [0.2, 0.25) is 0 Å². The molecule has 0 fully saturated rings. The Kier molecular flexibility index (Phi) is 4.42. The molecule has 0 atom stereocenters. The second-order valence-corrected chi connectivity index (χ2v) is 4.31. The molecule has 21 heavy (non-hydrogen) atoms. The molecule has 0 aliphatic carbocycles. The maximum absolute atomic E-state index is 12.1. The number of methoxy groups -OCH3 is 1. The monoisotopic (exact) mass is 298 g/mol. The number of hydrogen-bond acceptors (Lipinski definition) is 4. The number of hydrogen-bond donors (Lipinski definition) is 0. The van der Waals surface area contributed by atoms with Gasteiger partial charge < -0.3 is 9.47 Å². The van der Waals surface area contributed by atoms with Gasteiger partial charge in [-0.3, -0.25) is 9.97 Å². The van der Waals surface area contributed by atoms with E-state index in [4.69, 9.17) is 4.74 Å². The highest BCUT2D eigenvalue weighted by Gasteiger charge is 2.31. The summed E-state index contributed by atoms with van der Waals surface area (Å²) in [5, 5.41) is 0. The van der Waals surface area contributed by atoms with E-state index < -0.39 is 6.36 Å². The summed E-state index contributed by atoms with van der Waals surface area (Å²) in [4.78, 5) is 8.59. The highest BCUT2D eigenvalue weighted by Crippen LogP contribution is 2.27. The predicted octanol–water partition coefficient (Wildman–Crippen LogP) is 3.50. The lowest BCUT2D eigenvalue weighted by molar-refractivity contribution is -0.274. The number of rotatable bonds is 4. The molecule has 7 heteroatoms. The zero-order valence-corrected chi connectivity index (χ0v) is 11.4. The van der Waals surface area contributed by atoms with Gasteiger partial charge in [0.05, 0.1) is 23.7 Å². The topological polar surface area (TPSA) is 44.2 Å². The van der Waals surface area contributed by atoms with Gasteiger partial charge in [-0.05, 0) is 31.2 Å². The highest BCUT2D eigenvalue weighted by atomic mass is 19.4. The van der Waals surface area contributed by atoms with Crippen LogP contribution in [0.4, 0.5) is 13.2 Å². The minimum Gasteiger partial charge on any atom is -0.406 e. The van der Waals surface area contributed by atoms with Crippen molar-refractivity contribution in [2.24, 2.45) is 0 Å². The van der Waals surface area contributed by atoms with Gasteiger partial charge in [-0.1, -0.05) is 0 Å². The molecule has 0 saturated heterocycles. The maximum Gasteiger partial charge on any atom is 0.573 e. The molecule has 2 rings (SSSR count). The van der Waals surface area contributed by atoms with Gasteiger partial charge in [0.15, 0.2) is 0 Å². The molecule has 1 aromatic heterocycles. The number of aryl methyl sites for hydroxylation is 1. The minimum atomic E-state index is -4.70. The van der Waals surface area contributed by atoms with Crippen LogP contribution in [0, 0.1) is 6.92 Å². The molecular formula is C14H13F3N2O2. The molecule has 0 unspecified atom stereocenters. The lowest BCUT2D eigenvalue weighted by Crippen LogP contribution is -2.16.